The first-order valence-corrected chi connectivity index (χ1v) is 4.17. The summed E-state index contributed by atoms with van der Waals surface area (Å²) in [5, 5.41) is 0. The van der Waals surface area contributed by atoms with Crippen LogP contribution in [-0.4, -0.2) is 37.3 Å². The lowest BCUT2D eigenvalue weighted by atomic mass is 9.89. The molecule has 0 spiro atoms. The average molecular weight is 160 g/mol. The highest BCUT2D eigenvalue weighted by molar-refractivity contribution is 4.86. The van der Waals surface area contributed by atoms with Crippen molar-refractivity contribution in [1.29, 1.82) is 0 Å². The van der Waals surface area contributed by atoms with E-state index in [1.807, 2.05) is 19.0 Å². The Labute approximate surface area is 67.6 Å². The lowest BCUT2D eigenvalue weighted by Gasteiger charge is -2.34. The summed E-state index contributed by atoms with van der Waals surface area (Å²) >= 11 is 0. The molecule has 3 heteroatoms. The molecule has 2 nitrogen and oxygen atoms in total. The van der Waals surface area contributed by atoms with E-state index in [4.69, 9.17) is 5.73 Å². The fourth-order valence-electron chi connectivity index (χ4n) is 1.71. The third-order valence-corrected chi connectivity index (χ3v) is 2.44. The third kappa shape index (κ3) is 2.14. The van der Waals surface area contributed by atoms with Crippen molar-refractivity contribution in [2.24, 2.45) is 5.73 Å². The van der Waals surface area contributed by atoms with E-state index in [1.54, 1.807) is 0 Å². The number of alkyl halides is 1. The Kier molecular flexibility index (Phi) is 2.84. The van der Waals surface area contributed by atoms with Crippen LogP contribution in [0.25, 0.3) is 0 Å². The monoisotopic (exact) mass is 160 g/mol. The summed E-state index contributed by atoms with van der Waals surface area (Å²) < 4.78 is 13.2. The predicted octanol–water partition coefficient (Wildman–Crippen LogP) is 0.766. The molecule has 0 aromatic rings. The van der Waals surface area contributed by atoms with Gasteiger partial charge in [0.05, 0.1) is 0 Å². The Balaban J connectivity index is 2.44. The lowest BCUT2D eigenvalue weighted by Crippen LogP contribution is -2.44. The van der Waals surface area contributed by atoms with Crippen LogP contribution in [0.3, 0.4) is 0 Å². The van der Waals surface area contributed by atoms with Crippen LogP contribution in [0.15, 0.2) is 0 Å². The normalized spacial score (nSPS) is 39.5. The molecule has 0 aromatic heterocycles. The van der Waals surface area contributed by atoms with Crippen LogP contribution in [0.1, 0.15) is 19.3 Å². The lowest BCUT2D eigenvalue weighted by molar-refractivity contribution is 0.105. The van der Waals surface area contributed by atoms with E-state index in [2.05, 4.69) is 0 Å². The topological polar surface area (TPSA) is 29.3 Å². The van der Waals surface area contributed by atoms with Gasteiger partial charge in [0.2, 0.25) is 0 Å². The molecule has 3 unspecified atom stereocenters. The van der Waals surface area contributed by atoms with Gasteiger partial charge in [0.15, 0.2) is 0 Å². The van der Waals surface area contributed by atoms with Gasteiger partial charge in [-0.3, -0.25) is 0 Å². The van der Waals surface area contributed by atoms with E-state index in [1.165, 1.54) is 0 Å². The van der Waals surface area contributed by atoms with Gasteiger partial charge in [0.1, 0.15) is 6.17 Å². The van der Waals surface area contributed by atoms with Gasteiger partial charge in [0, 0.05) is 12.1 Å². The van der Waals surface area contributed by atoms with Crippen molar-refractivity contribution in [1.82, 2.24) is 4.90 Å². The molecule has 3 atom stereocenters. The van der Waals surface area contributed by atoms with Gasteiger partial charge in [-0.25, -0.2) is 4.39 Å². The van der Waals surface area contributed by atoms with Crippen molar-refractivity contribution < 1.29 is 4.39 Å². The fourth-order valence-corrected chi connectivity index (χ4v) is 1.71. The molecular weight excluding hydrogens is 143 g/mol. The number of nitrogens with zero attached hydrogens (tertiary/aromatic N) is 1. The Hall–Kier alpha value is -0.150. The van der Waals surface area contributed by atoms with Crippen LogP contribution in [0.5, 0.6) is 0 Å². The molecule has 1 saturated carbocycles. The Morgan fingerprint density at radius 3 is 2.45 bits per heavy atom. The van der Waals surface area contributed by atoms with Crippen molar-refractivity contribution in [3.8, 4) is 0 Å². The third-order valence-electron chi connectivity index (χ3n) is 2.44. The van der Waals surface area contributed by atoms with Crippen LogP contribution in [-0.2, 0) is 0 Å². The highest BCUT2D eigenvalue weighted by atomic mass is 19.1. The maximum absolute atomic E-state index is 13.2. The summed E-state index contributed by atoms with van der Waals surface area (Å²) in [6.45, 7) is 0. The van der Waals surface area contributed by atoms with E-state index in [-0.39, 0.29) is 12.1 Å². The summed E-state index contributed by atoms with van der Waals surface area (Å²) in [5.41, 5.74) is 5.63. The molecule has 0 aromatic carbocycles. The van der Waals surface area contributed by atoms with Gasteiger partial charge >= 0.3 is 0 Å². The highest BCUT2D eigenvalue weighted by Crippen LogP contribution is 2.23. The van der Waals surface area contributed by atoms with E-state index < -0.39 is 6.17 Å². The summed E-state index contributed by atoms with van der Waals surface area (Å²) in [6.07, 6.45) is 1.66. The van der Waals surface area contributed by atoms with Gasteiger partial charge in [-0.05, 0) is 33.4 Å². The van der Waals surface area contributed by atoms with Crippen molar-refractivity contribution >= 4 is 0 Å². The summed E-state index contributed by atoms with van der Waals surface area (Å²) in [4.78, 5) is 1.95. The highest BCUT2D eigenvalue weighted by Gasteiger charge is 2.29. The molecule has 2 N–H and O–H groups in total. The van der Waals surface area contributed by atoms with E-state index in [0.29, 0.717) is 6.42 Å². The molecule has 0 heterocycles. The summed E-state index contributed by atoms with van der Waals surface area (Å²) in [7, 11) is 3.85. The van der Waals surface area contributed by atoms with Gasteiger partial charge in [-0.1, -0.05) is 0 Å². The first-order chi connectivity index (χ1) is 5.11. The van der Waals surface area contributed by atoms with Gasteiger partial charge in [-0.15, -0.1) is 0 Å². The molecular formula is C8H17FN2. The SMILES string of the molecule is CN(C)C1CCC(N)CC1F. The van der Waals surface area contributed by atoms with E-state index in [0.717, 1.165) is 12.8 Å². The molecule has 1 fully saturated rings. The zero-order valence-electron chi connectivity index (χ0n) is 7.26. The Morgan fingerprint density at radius 2 is 2.00 bits per heavy atom. The molecule has 1 rings (SSSR count). The van der Waals surface area contributed by atoms with Crippen molar-refractivity contribution in [3.05, 3.63) is 0 Å². The minimum Gasteiger partial charge on any atom is -0.328 e. The smallest absolute Gasteiger partial charge is 0.117 e. The predicted molar refractivity (Wildman–Crippen MR) is 44.2 cm³/mol. The van der Waals surface area contributed by atoms with E-state index >= 15 is 0 Å². The van der Waals surface area contributed by atoms with Crippen LogP contribution < -0.4 is 5.73 Å². The Bertz CT molecular complexity index is 127. The molecule has 0 aliphatic heterocycles. The van der Waals surface area contributed by atoms with Crippen LogP contribution in [0.2, 0.25) is 0 Å². The average Bonchev–Trinajstić information content (AvgIpc) is 1.85. The number of hydrogen-bond donors (Lipinski definition) is 1. The number of rotatable bonds is 1. The second-order valence-corrected chi connectivity index (χ2v) is 3.62. The number of nitrogens with two attached hydrogens (primary N) is 1. The molecule has 0 bridgehead atoms. The van der Waals surface area contributed by atoms with Crippen LogP contribution >= 0.6 is 0 Å². The maximum Gasteiger partial charge on any atom is 0.117 e. The van der Waals surface area contributed by atoms with Gasteiger partial charge in [-0.2, -0.15) is 0 Å². The number of hydrogen-bond acceptors (Lipinski definition) is 2. The molecule has 1 aliphatic carbocycles. The molecule has 0 amide bonds. The summed E-state index contributed by atoms with van der Waals surface area (Å²) in [5.74, 6) is 0. The maximum atomic E-state index is 13.2. The van der Waals surface area contributed by atoms with Crippen molar-refractivity contribution in [2.45, 2.75) is 37.5 Å². The zero-order chi connectivity index (χ0) is 8.43. The minimum atomic E-state index is -0.728. The fraction of sp³-hybridized carbons (Fsp3) is 1.00. The number of halogens is 1. The molecule has 1 aliphatic rings. The zero-order valence-corrected chi connectivity index (χ0v) is 7.26. The largest absolute Gasteiger partial charge is 0.328 e. The quantitative estimate of drug-likeness (QED) is 0.614. The molecule has 0 saturated heterocycles. The van der Waals surface area contributed by atoms with E-state index in [9.17, 15) is 4.39 Å². The second kappa shape index (κ2) is 3.50. The van der Waals surface area contributed by atoms with Gasteiger partial charge < -0.3 is 10.6 Å². The minimum absolute atomic E-state index is 0.0844. The second-order valence-electron chi connectivity index (χ2n) is 3.62. The van der Waals surface area contributed by atoms with Crippen LogP contribution in [0, 0.1) is 0 Å². The molecule has 66 valence electrons. The molecule has 0 radical (unpaired) electrons. The van der Waals surface area contributed by atoms with Crippen molar-refractivity contribution in [3.63, 3.8) is 0 Å². The van der Waals surface area contributed by atoms with Gasteiger partial charge in [0.25, 0.3) is 0 Å². The standard InChI is InChI=1S/C8H17FN2/c1-11(2)8-4-3-6(10)5-7(8)9/h6-8H,3-5,10H2,1-2H3. The Morgan fingerprint density at radius 1 is 1.36 bits per heavy atom. The summed E-state index contributed by atoms with van der Waals surface area (Å²) in [6, 6.07) is 0.177. The molecule has 11 heavy (non-hydrogen) atoms. The van der Waals surface area contributed by atoms with Crippen molar-refractivity contribution in [2.75, 3.05) is 14.1 Å². The first-order valence-electron chi connectivity index (χ1n) is 4.17. The van der Waals surface area contributed by atoms with Crippen LogP contribution in [0.4, 0.5) is 4.39 Å². The first kappa shape index (κ1) is 8.94.